The average Bonchev–Trinajstić information content (AvgIpc) is 2.14. The second kappa shape index (κ2) is 5.55. The number of halogens is 2. The van der Waals surface area contributed by atoms with Crippen LogP contribution in [-0.4, -0.2) is 48.4 Å². The Hall–Kier alpha value is -0.300. The fourth-order valence-electron chi connectivity index (χ4n) is 1.48. The number of aliphatic hydroxyl groups is 2. The number of hydrogen-bond donors (Lipinski definition) is 2. The summed E-state index contributed by atoms with van der Waals surface area (Å²) < 4.78 is 34.1. The van der Waals surface area contributed by atoms with Crippen molar-refractivity contribution in [3.05, 3.63) is 0 Å². The Morgan fingerprint density at radius 1 is 1.43 bits per heavy atom. The monoisotopic (exact) mass is 212 g/mol. The Labute approximate surface area is 80.4 Å². The molecular weight excluding hydrogens is 198 g/mol. The molecule has 1 rings (SSSR count). The summed E-state index contributed by atoms with van der Waals surface area (Å²) in [6, 6.07) is 0. The minimum Gasteiger partial charge on any atom is -0.393 e. The molecule has 3 unspecified atom stereocenters. The van der Waals surface area contributed by atoms with Crippen LogP contribution >= 0.6 is 0 Å². The van der Waals surface area contributed by atoms with Crippen molar-refractivity contribution in [1.29, 1.82) is 0 Å². The van der Waals surface area contributed by atoms with Crippen LogP contribution in [0.4, 0.5) is 8.78 Å². The summed E-state index contributed by atoms with van der Waals surface area (Å²) in [5.74, 6) is 0. The van der Waals surface area contributed by atoms with Crippen LogP contribution in [0.25, 0.3) is 0 Å². The van der Waals surface area contributed by atoms with E-state index in [1.165, 1.54) is 0 Å². The first-order valence-electron chi connectivity index (χ1n) is 4.43. The van der Waals surface area contributed by atoms with Gasteiger partial charge in [-0.05, 0) is 0 Å². The zero-order chi connectivity index (χ0) is 10.6. The van der Waals surface area contributed by atoms with E-state index in [1.54, 1.807) is 0 Å². The maximum Gasteiger partial charge on any atom is 0.264 e. The molecule has 1 aliphatic heterocycles. The van der Waals surface area contributed by atoms with E-state index in [2.05, 4.69) is 4.74 Å². The maximum absolute atomic E-state index is 12.3. The minimum atomic E-state index is -2.60. The highest BCUT2D eigenvalue weighted by Gasteiger charge is 2.33. The van der Waals surface area contributed by atoms with Gasteiger partial charge in [-0.3, -0.25) is 0 Å². The van der Waals surface area contributed by atoms with Crippen LogP contribution in [0.15, 0.2) is 0 Å². The van der Waals surface area contributed by atoms with Crippen LogP contribution in [0.3, 0.4) is 0 Å². The summed E-state index contributed by atoms with van der Waals surface area (Å²) in [7, 11) is 0. The quantitative estimate of drug-likeness (QED) is 0.650. The summed E-state index contributed by atoms with van der Waals surface area (Å²) in [5, 5.41) is 17.6. The predicted molar refractivity (Wildman–Crippen MR) is 42.9 cm³/mol. The van der Waals surface area contributed by atoms with E-state index in [0.717, 1.165) is 0 Å². The lowest BCUT2D eigenvalue weighted by atomic mass is 10.0. The molecule has 84 valence electrons. The molecule has 1 heterocycles. The van der Waals surface area contributed by atoms with Crippen molar-refractivity contribution in [1.82, 2.24) is 0 Å². The number of alkyl halides is 2. The van der Waals surface area contributed by atoms with Crippen molar-refractivity contribution in [3.63, 3.8) is 0 Å². The highest BCUT2D eigenvalue weighted by molar-refractivity contribution is 4.78. The fourth-order valence-corrected chi connectivity index (χ4v) is 1.48. The maximum atomic E-state index is 12.3. The van der Waals surface area contributed by atoms with Gasteiger partial charge in [-0.1, -0.05) is 0 Å². The van der Waals surface area contributed by atoms with Crippen LogP contribution in [0.5, 0.6) is 0 Å². The molecule has 6 heteroatoms. The molecule has 0 amide bonds. The van der Waals surface area contributed by atoms with E-state index in [0.29, 0.717) is 0 Å². The lowest BCUT2D eigenvalue weighted by Gasteiger charge is -2.32. The van der Waals surface area contributed by atoms with E-state index in [9.17, 15) is 13.9 Å². The first kappa shape index (κ1) is 11.8. The first-order valence-corrected chi connectivity index (χ1v) is 4.43. The summed E-state index contributed by atoms with van der Waals surface area (Å²) in [5.41, 5.74) is 0. The summed E-state index contributed by atoms with van der Waals surface area (Å²) in [6.45, 7) is -0.452. The third-order valence-electron chi connectivity index (χ3n) is 2.08. The molecule has 1 saturated heterocycles. The number of aliphatic hydroxyl groups excluding tert-OH is 2. The largest absolute Gasteiger partial charge is 0.393 e. The van der Waals surface area contributed by atoms with Gasteiger partial charge in [0.05, 0.1) is 18.8 Å². The lowest BCUT2D eigenvalue weighted by molar-refractivity contribution is -0.171. The molecule has 0 radical (unpaired) electrons. The zero-order valence-electron chi connectivity index (χ0n) is 7.60. The molecule has 0 aromatic heterocycles. The van der Waals surface area contributed by atoms with Crippen LogP contribution in [0.1, 0.15) is 12.8 Å². The Morgan fingerprint density at radius 3 is 2.71 bits per heavy atom. The van der Waals surface area contributed by atoms with Gasteiger partial charge in [-0.2, -0.15) is 0 Å². The Morgan fingerprint density at radius 2 is 2.14 bits per heavy atom. The average molecular weight is 212 g/mol. The van der Waals surface area contributed by atoms with Crippen molar-refractivity contribution in [2.24, 2.45) is 0 Å². The Balaban J connectivity index is 2.37. The van der Waals surface area contributed by atoms with E-state index in [4.69, 9.17) is 9.84 Å². The van der Waals surface area contributed by atoms with E-state index in [-0.39, 0.29) is 19.4 Å². The SMILES string of the molecule is OCOCC1CC(O)CC(C(F)F)O1. The molecule has 0 aliphatic carbocycles. The normalized spacial score (nSPS) is 33.6. The molecule has 3 atom stereocenters. The van der Waals surface area contributed by atoms with Gasteiger partial charge in [0.15, 0.2) is 0 Å². The van der Waals surface area contributed by atoms with Crippen LogP contribution in [0, 0.1) is 0 Å². The van der Waals surface area contributed by atoms with Crippen LogP contribution < -0.4 is 0 Å². The third-order valence-corrected chi connectivity index (χ3v) is 2.08. The number of hydrogen-bond acceptors (Lipinski definition) is 4. The van der Waals surface area contributed by atoms with Gasteiger partial charge in [0.1, 0.15) is 12.9 Å². The predicted octanol–water partition coefficient (Wildman–Crippen LogP) is 0.126. The van der Waals surface area contributed by atoms with Gasteiger partial charge in [-0.25, -0.2) is 8.78 Å². The molecule has 0 aromatic rings. The molecule has 1 aliphatic rings. The second-order valence-corrected chi connectivity index (χ2v) is 3.26. The molecule has 0 saturated carbocycles. The molecular formula is C8H14F2O4. The topological polar surface area (TPSA) is 58.9 Å². The highest BCUT2D eigenvalue weighted by Crippen LogP contribution is 2.24. The molecule has 0 bridgehead atoms. The van der Waals surface area contributed by atoms with Gasteiger partial charge < -0.3 is 19.7 Å². The van der Waals surface area contributed by atoms with Gasteiger partial charge in [0.2, 0.25) is 0 Å². The Bertz CT molecular complexity index is 167. The van der Waals surface area contributed by atoms with Gasteiger partial charge in [0, 0.05) is 12.8 Å². The van der Waals surface area contributed by atoms with Crippen LogP contribution in [0.2, 0.25) is 0 Å². The smallest absolute Gasteiger partial charge is 0.264 e. The summed E-state index contributed by atoms with van der Waals surface area (Å²) in [6.07, 6.45) is -4.95. The minimum absolute atomic E-state index is 0.0246. The van der Waals surface area contributed by atoms with E-state index < -0.39 is 31.5 Å². The summed E-state index contributed by atoms with van der Waals surface area (Å²) in [4.78, 5) is 0. The van der Waals surface area contributed by atoms with E-state index >= 15 is 0 Å². The molecule has 14 heavy (non-hydrogen) atoms. The number of ether oxygens (including phenoxy) is 2. The second-order valence-electron chi connectivity index (χ2n) is 3.26. The van der Waals surface area contributed by atoms with Crippen molar-refractivity contribution in [2.45, 2.75) is 37.6 Å². The lowest BCUT2D eigenvalue weighted by Crippen LogP contribution is -2.41. The van der Waals surface area contributed by atoms with Gasteiger partial charge in [-0.15, -0.1) is 0 Å². The fraction of sp³-hybridized carbons (Fsp3) is 1.00. The molecule has 2 N–H and O–H groups in total. The van der Waals surface area contributed by atoms with Gasteiger partial charge >= 0.3 is 0 Å². The van der Waals surface area contributed by atoms with Crippen LogP contribution in [-0.2, 0) is 9.47 Å². The first-order chi connectivity index (χ1) is 6.63. The number of rotatable bonds is 4. The highest BCUT2D eigenvalue weighted by atomic mass is 19.3. The van der Waals surface area contributed by atoms with Crippen molar-refractivity contribution < 1.29 is 28.5 Å². The zero-order valence-corrected chi connectivity index (χ0v) is 7.60. The molecule has 0 aromatic carbocycles. The van der Waals surface area contributed by atoms with Gasteiger partial charge in [0.25, 0.3) is 6.43 Å². The molecule has 0 spiro atoms. The molecule has 1 fully saturated rings. The Kier molecular flexibility index (Phi) is 4.67. The van der Waals surface area contributed by atoms with Crippen molar-refractivity contribution in [3.8, 4) is 0 Å². The van der Waals surface area contributed by atoms with Crippen molar-refractivity contribution in [2.75, 3.05) is 13.4 Å². The van der Waals surface area contributed by atoms with Crippen molar-refractivity contribution >= 4 is 0 Å². The van der Waals surface area contributed by atoms with E-state index in [1.807, 2.05) is 0 Å². The standard InChI is InChI=1S/C8H14F2O4/c9-8(10)7-2-5(12)1-6(14-7)3-13-4-11/h5-8,11-12H,1-4H2. The molecule has 4 nitrogen and oxygen atoms in total. The third kappa shape index (κ3) is 3.45. The summed E-state index contributed by atoms with van der Waals surface area (Å²) >= 11 is 0.